The molecule has 2 aromatic rings. The summed E-state index contributed by atoms with van der Waals surface area (Å²) in [7, 11) is 1.35. The lowest BCUT2D eigenvalue weighted by molar-refractivity contribution is 0.0600. The molecular weight excluding hydrogens is 396 g/mol. The molecule has 2 aliphatic heterocycles. The maximum Gasteiger partial charge on any atom is 0.337 e. The van der Waals surface area contributed by atoms with Crippen molar-refractivity contribution in [2.75, 3.05) is 61.5 Å². The van der Waals surface area contributed by atoms with E-state index in [2.05, 4.69) is 15.1 Å². The fourth-order valence-electron chi connectivity index (χ4n) is 4.19. The van der Waals surface area contributed by atoms with Crippen LogP contribution in [-0.4, -0.2) is 68.4 Å². The Bertz CT molecular complexity index is 950. The maximum atomic E-state index is 13.0. The van der Waals surface area contributed by atoms with Crippen molar-refractivity contribution in [3.8, 4) is 5.75 Å². The van der Waals surface area contributed by atoms with Crippen molar-refractivity contribution >= 4 is 29.1 Å². The highest BCUT2D eigenvalue weighted by Crippen LogP contribution is 2.31. The van der Waals surface area contributed by atoms with E-state index < -0.39 is 5.97 Å². The average molecular weight is 425 g/mol. The molecule has 31 heavy (non-hydrogen) atoms. The third kappa shape index (κ3) is 4.52. The number of para-hydroxylation sites is 2. The third-order valence-corrected chi connectivity index (χ3v) is 5.90. The number of carbonyl (C=O) groups is 2. The molecule has 8 heteroatoms. The van der Waals surface area contributed by atoms with Crippen molar-refractivity contribution in [3.63, 3.8) is 0 Å². The van der Waals surface area contributed by atoms with Gasteiger partial charge in [-0.3, -0.25) is 0 Å². The average Bonchev–Trinajstić information content (AvgIpc) is 3.33. The van der Waals surface area contributed by atoms with Gasteiger partial charge in [-0.15, -0.1) is 0 Å². The van der Waals surface area contributed by atoms with E-state index in [1.165, 1.54) is 7.11 Å². The Morgan fingerprint density at radius 2 is 1.58 bits per heavy atom. The van der Waals surface area contributed by atoms with Gasteiger partial charge in [0.05, 0.1) is 29.7 Å². The van der Waals surface area contributed by atoms with Gasteiger partial charge in [0.1, 0.15) is 5.75 Å². The molecule has 0 bridgehead atoms. The molecule has 2 fully saturated rings. The quantitative estimate of drug-likeness (QED) is 0.734. The Balaban J connectivity index is 1.46. The number of nitrogens with one attached hydrogen (secondary N) is 1. The molecule has 164 valence electrons. The van der Waals surface area contributed by atoms with Crippen LogP contribution in [0.15, 0.2) is 42.5 Å². The number of ether oxygens (including phenoxy) is 1. The third-order valence-electron chi connectivity index (χ3n) is 5.90. The molecule has 0 radical (unpaired) electrons. The summed E-state index contributed by atoms with van der Waals surface area (Å²) in [5.74, 6) is -0.185. The minimum absolute atomic E-state index is 0.195. The van der Waals surface area contributed by atoms with Crippen molar-refractivity contribution in [3.05, 3.63) is 48.0 Å². The van der Waals surface area contributed by atoms with E-state index in [9.17, 15) is 14.7 Å². The number of carbonyl (C=O) groups excluding carboxylic acids is 2. The number of hydrogen-bond donors (Lipinski definition) is 2. The number of aromatic hydroxyl groups is 1. The summed E-state index contributed by atoms with van der Waals surface area (Å²) in [6, 6.07) is 12.3. The minimum Gasteiger partial charge on any atom is -0.506 e. The van der Waals surface area contributed by atoms with Gasteiger partial charge in [0.15, 0.2) is 0 Å². The minimum atomic E-state index is -0.431. The molecule has 0 aliphatic carbocycles. The van der Waals surface area contributed by atoms with Crippen LogP contribution in [0.1, 0.15) is 23.2 Å². The van der Waals surface area contributed by atoms with E-state index in [-0.39, 0.29) is 11.8 Å². The zero-order valence-electron chi connectivity index (χ0n) is 17.7. The highest BCUT2D eigenvalue weighted by molar-refractivity contribution is 5.97. The number of methoxy groups -OCH3 is 1. The second-order valence-corrected chi connectivity index (χ2v) is 7.81. The lowest BCUT2D eigenvalue weighted by Crippen LogP contribution is -2.50. The first-order valence-electron chi connectivity index (χ1n) is 10.6. The number of phenolic OH excluding ortho intramolecular Hbond substituents is 1. The van der Waals surface area contributed by atoms with E-state index in [0.29, 0.717) is 37.4 Å². The zero-order valence-corrected chi connectivity index (χ0v) is 17.7. The summed E-state index contributed by atoms with van der Waals surface area (Å²) >= 11 is 0. The topological polar surface area (TPSA) is 85.4 Å². The number of esters is 1. The second kappa shape index (κ2) is 9.16. The Morgan fingerprint density at radius 3 is 2.26 bits per heavy atom. The summed E-state index contributed by atoms with van der Waals surface area (Å²) in [6.45, 7) is 4.20. The number of urea groups is 1. The fraction of sp³-hybridized carbons (Fsp3) is 0.391. The molecular formula is C23H28N4O4. The maximum absolute atomic E-state index is 13.0. The number of hydrogen-bond acceptors (Lipinski definition) is 6. The smallest absolute Gasteiger partial charge is 0.337 e. The van der Waals surface area contributed by atoms with Crippen LogP contribution in [0, 0.1) is 0 Å². The predicted molar refractivity (Wildman–Crippen MR) is 120 cm³/mol. The van der Waals surface area contributed by atoms with Crippen LogP contribution in [0.5, 0.6) is 5.75 Å². The Morgan fingerprint density at radius 1 is 0.903 bits per heavy atom. The molecule has 0 atom stereocenters. The van der Waals surface area contributed by atoms with Gasteiger partial charge < -0.3 is 29.9 Å². The molecule has 2 aromatic carbocycles. The molecule has 2 aliphatic rings. The van der Waals surface area contributed by atoms with Gasteiger partial charge in [0, 0.05) is 39.3 Å². The normalized spacial score (nSPS) is 16.4. The predicted octanol–water partition coefficient (Wildman–Crippen LogP) is 3.13. The molecule has 4 rings (SSSR count). The van der Waals surface area contributed by atoms with Crippen molar-refractivity contribution in [1.29, 1.82) is 0 Å². The van der Waals surface area contributed by atoms with Gasteiger partial charge in [0.2, 0.25) is 0 Å². The fourth-order valence-corrected chi connectivity index (χ4v) is 4.19. The molecule has 8 nitrogen and oxygen atoms in total. The van der Waals surface area contributed by atoms with Crippen molar-refractivity contribution in [2.24, 2.45) is 0 Å². The summed E-state index contributed by atoms with van der Waals surface area (Å²) in [6.07, 6.45) is 2.22. The number of rotatable bonds is 4. The second-order valence-electron chi connectivity index (χ2n) is 7.81. The Labute approximate surface area is 182 Å². The summed E-state index contributed by atoms with van der Waals surface area (Å²) < 4.78 is 4.84. The molecule has 0 aromatic heterocycles. The van der Waals surface area contributed by atoms with Crippen LogP contribution in [0.4, 0.5) is 21.9 Å². The standard InChI is InChI=1S/C23H28N4O4/c1-31-22(29)17-8-9-19(25-10-4-5-11-25)18(16-17)24-23(30)27-14-12-26(13-15-27)20-6-2-3-7-21(20)28/h2-3,6-9,16,28H,4-5,10-15H2,1H3,(H,24,30). The monoisotopic (exact) mass is 424 g/mol. The van der Waals surface area contributed by atoms with Crippen LogP contribution >= 0.6 is 0 Å². The number of piperazine rings is 1. The van der Waals surface area contributed by atoms with Gasteiger partial charge in [-0.2, -0.15) is 0 Å². The van der Waals surface area contributed by atoms with Crippen molar-refractivity contribution < 1.29 is 19.4 Å². The van der Waals surface area contributed by atoms with E-state index in [1.807, 2.05) is 18.2 Å². The van der Waals surface area contributed by atoms with E-state index in [1.54, 1.807) is 29.2 Å². The number of anilines is 3. The number of benzene rings is 2. The van der Waals surface area contributed by atoms with Crippen LogP contribution in [0.2, 0.25) is 0 Å². The zero-order chi connectivity index (χ0) is 21.8. The van der Waals surface area contributed by atoms with Crippen LogP contribution in [0.3, 0.4) is 0 Å². The molecule has 0 saturated carbocycles. The van der Waals surface area contributed by atoms with Crippen LogP contribution in [-0.2, 0) is 4.74 Å². The lowest BCUT2D eigenvalue weighted by Gasteiger charge is -2.36. The molecule has 2 heterocycles. The van der Waals surface area contributed by atoms with Crippen LogP contribution < -0.4 is 15.1 Å². The van der Waals surface area contributed by atoms with Gasteiger partial charge in [-0.1, -0.05) is 12.1 Å². The van der Waals surface area contributed by atoms with Gasteiger partial charge in [-0.25, -0.2) is 9.59 Å². The lowest BCUT2D eigenvalue weighted by atomic mass is 10.1. The Hall–Kier alpha value is -3.42. The van der Waals surface area contributed by atoms with Gasteiger partial charge >= 0.3 is 12.0 Å². The molecule has 0 spiro atoms. The summed E-state index contributed by atoms with van der Waals surface area (Å²) in [5, 5.41) is 13.1. The van der Waals surface area contributed by atoms with Crippen molar-refractivity contribution in [1.82, 2.24) is 4.90 Å². The summed E-state index contributed by atoms with van der Waals surface area (Å²) in [4.78, 5) is 31.1. The highest BCUT2D eigenvalue weighted by atomic mass is 16.5. The first kappa shape index (κ1) is 20.8. The van der Waals surface area contributed by atoms with Gasteiger partial charge in [-0.05, 0) is 43.2 Å². The van der Waals surface area contributed by atoms with E-state index in [0.717, 1.165) is 37.3 Å². The van der Waals surface area contributed by atoms with E-state index >= 15 is 0 Å². The molecule has 2 N–H and O–H groups in total. The highest BCUT2D eigenvalue weighted by Gasteiger charge is 2.25. The van der Waals surface area contributed by atoms with E-state index in [4.69, 9.17) is 4.74 Å². The van der Waals surface area contributed by atoms with Crippen LogP contribution in [0.25, 0.3) is 0 Å². The number of phenols is 1. The molecule has 0 unspecified atom stereocenters. The first-order valence-corrected chi connectivity index (χ1v) is 10.6. The summed E-state index contributed by atoms with van der Waals surface area (Å²) in [5.41, 5.74) is 2.74. The SMILES string of the molecule is COC(=O)c1ccc(N2CCCC2)c(NC(=O)N2CCN(c3ccccc3O)CC2)c1. The number of amides is 2. The van der Waals surface area contributed by atoms with Crippen molar-refractivity contribution in [2.45, 2.75) is 12.8 Å². The van der Waals surface area contributed by atoms with Gasteiger partial charge in [0.25, 0.3) is 0 Å². The molecule has 2 saturated heterocycles. The molecule has 2 amide bonds. The number of nitrogens with zero attached hydrogens (tertiary/aromatic N) is 3. The largest absolute Gasteiger partial charge is 0.506 e. The Kier molecular flexibility index (Phi) is 6.16. The first-order chi connectivity index (χ1) is 15.1.